The summed E-state index contributed by atoms with van der Waals surface area (Å²) in [6.07, 6.45) is 1.65. The van der Waals surface area contributed by atoms with Crippen LogP contribution in [0, 0.1) is 6.92 Å². The average Bonchev–Trinajstić information content (AvgIpc) is 2.27. The Kier molecular flexibility index (Phi) is 3.10. The van der Waals surface area contributed by atoms with Crippen LogP contribution in [0.3, 0.4) is 0 Å². The van der Waals surface area contributed by atoms with E-state index in [-0.39, 0.29) is 0 Å². The van der Waals surface area contributed by atoms with Crippen LogP contribution in [-0.4, -0.2) is 4.98 Å². The molecule has 2 rings (SSSR count). The van der Waals surface area contributed by atoms with E-state index in [1.807, 2.05) is 25.1 Å². The highest BCUT2D eigenvalue weighted by atomic mass is 79.9. The van der Waals surface area contributed by atoms with Crippen molar-refractivity contribution in [1.29, 1.82) is 0 Å². The summed E-state index contributed by atoms with van der Waals surface area (Å²) in [4.78, 5) is 4.07. The van der Waals surface area contributed by atoms with E-state index >= 15 is 0 Å². The Hall–Kier alpha value is -1.55. The van der Waals surface area contributed by atoms with Crippen molar-refractivity contribution in [3.63, 3.8) is 0 Å². The van der Waals surface area contributed by atoms with E-state index in [4.69, 9.17) is 10.5 Å². The molecule has 2 aromatic rings. The van der Waals surface area contributed by atoms with E-state index < -0.39 is 0 Å². The second kappa shape index (κ2) is 4.53. The summed E-state index contributed by atoms with van der Waals surface area (Å²) in [5.41, 5.74) is 7.37. The number of halogens is 1. The average molecular weight is 279 g/mol. The number of anilines is 1. The maximum Gasteiger partial charge on any atom is 0.242 e. The molecule has 16 heavy (non-hydrogen) atoms. The van der Waals surface area contributed by atoms with Crippen LogP contribution in [0.1, 0.15) is 5.56 Å². The molecule has 2 N–H and O–H groups in total. The van der Waals surface area contributed by atoms with Crippen LogP contribution in [0.2, 0.25) is 0 Å². The van der Waals surface area contributed by atoms with Gasteiger partial charge in [0.25, 0.3) is 0 Å². The van der Waals surface area contributed by atoms with Crippen LogP contribution in [0.4, 0.5) is 5.69 Å². The number of aromatic nitrogens is 1. The van der Waals surface area contributed by atoms with Crippen molar-refractivity contribution in [1.82, 2.24) is 4.98 Å². The van der Waals surface area contributed by atoms with Crippen molar-refractivity contribution in [3.8, 4) is 11.6 Å². The van der Waals surface area contributed by atoms with E-state index in [0.29, 0.717) is 11.6 Å². The third-order valence-corrected chi connectivity index (χ3v) is 3.03. The number of aryl methyl sites for hydroxylation is 1. The maximum atomic E-state index is 5.74. The Labute approximate surface area is 102 Å². The normalized spacial score (nSPS) is 10.1. The molecular weight excluding hydrogens is 268 g/mol. The number of hydrogen-bond donors (Lipinski definition) is 1. The highest BCUT2D eigenvalue weighted by molar-refractivity contribution is 9.10. The van der Waals surface area contributed by atoms with Crippen molar-refractivity contribution < 1.29 is 4.74 Å². The quantitative estimate of drug-likeness (QED) is 0.914. The van der Waals surface area contributed by atoms with Crippen molar-refractivity contribution in [3.05, 3.63) is 46.6 Å². The first-order chi connectivity index (χ1) is 7.66. The first-order valence-electron chi connectivity index (χ1n) is 4.81. The summed E-state index contributed by atoms with van der Waals surface area (Å²) >= 11 is 3.43. The SMILES string of the molecule is Cc1cc(Oc2ncccc2N)ccc1Br. The van der Waals surface area contributed by atoms with Crippen molar-refractivity contribution in [2.24, 2.45) is 0 Å². The lowest BCUT2D eigenvalue weighted by Crippen LogP contribution is -1.94. The Morgan fingerprint density at radius 1 is 1.31 bits per heavy atom. The highest BCUT2D eigenvalue weighted by Gasteiger charge is 2.03. The van der Waals surface area contributed by atoms with E-state index in [1.165, 1.54) is 0 Å². The number of ether oxygens (including phenoxy) is 1. The van der Waals surface area contributed by atoms with Gasteiger partial charge in [-0.3, -0.25) is 0 Å². The summed E-state index contributed by atoms with van der Waals surface area (Å²) in [6.45, 7) is 2.00. The van der Waals surface area contributed by atoms with Gasteiger partial charge in [0.05, 0.1) is 5.69 Å². The molecule has 0 bridgehead atoms. The van der Waals surface area contributed by atoms with Crippen LogP contribution in [0.15, 0.2) is 41.0 Å². The van der Waals surface area contributed by atoms with Gasteiger partial charge in [-0.05, 0) is 42.8 Å². The van der Waals surface area contributed by atoms with Gasteiger partial charge in [-0.1, -0.05) is 15.9 Å². The van der Waals surface area contributed by atoms with Gasteiger partial charge in [0.15, 0.2) is 0 Å². The standard InChI is InChI=1S/C12H11BrN2O/c1-8-7-9(4-5-10(8)13)16-12-11(14)3-2-6-15-12/h2-7H,14H2,1H3. The number of hydrogen-bond acceptors (Lipinski definition) is 3. The number of nitrogens with zero attached hydrogens (tertiary/aromatic N) is 1. The minimum Gasteiger partial charge on any atom is -0.437 e. The predicted molar refractivity (Wildman–Crippen MR) is 67.6 cm³/mol. The van der Waals surface area contributed by atoms with Crippen LogP contribution >= 0.6 is 15.9 Å². The van der Waals surface area contributed by atoms with Gasteiger partial charge in [-0.15, -0.1) is 0 Å². The zero-order chi connectivity index (χ0) is 11.5. The minimum atomic E-state index is 0.434. The summed E-state index contributed by atoms with van der Waals surface area (Å²) in [5, 5.41) is 0. The van der Waals surface area contributed by atoms with Gasteiger partial charge >= 0.3 is 0 Å². The molecule has 82 valence electrons. The van der Waals surface area contributed by atoms with Gasteiger partial charge < -0.3 is 10.5 Å². The summed E-state index contributed by atoms with van der Waals surface area (Å²) < 4.78 is 6.64. The van der Waals surface area contributed by atoms with E-state index in [9.17, 15) is 0 Å². The molecule has 0 amide bonds. The Balaban J connectivity index is 2.28. The van der Waals surface area contributed by atoms with Gasteiger partial charge in [-0.25, -0.2) is 4.98 Å². The lowest BCUT2D eigenvalue weighted by Gasteiger charge is -2.07. The van der Waals surface area contributed by atoms with Gasteiger partial charge in [0.1, 0.15) is 5.75 Å². The zero-order valence-electron chi connectivity index (χ0n) is 8.77. The molecule has 0 aliphatic rings. The van der Waals surface area contributed by atoms with Crippen molar-refractivity contribution >= 4 is 21.6 Å². The molecule has 0 atom stereocenters. The monoisotopic (exact) mass is 278 g/mol. The zero-order valence-corrected chi connectivity index (χ0v) is 10.4. The van der Waals surface area contributed by atoms with E-state index in [0.717, 1.165) is 15.8 Å². The molecule has 0 saturated heterocycles. The second-order valence-electron chi connectivity index (χ2n) is 3.41. The Morgan fingerprint density at radius 3 is 2.81 bits per heavy atom. The number of nitrogen functional groups attached to an aromatic ring is 1. The summed E-state index contributed by atoms with van der Waals surface area (Å²) in [6, 6.07) is 9.26. The fraction of sp³-hybridized carbons (Fsp3) is 0.0833. The first-order valence-corrected chi connectivity index (χ1v) is 5.60. The molecule has 0 saturated carbocycles. The Morgan fingerprint density at radius 2 is 2.12 bits per heavy atom. The molecule has 0 aliphatic carbocycles. The maximum absolute atomic E-state index is 5.74. The number of nitrogens with two attached hydrogens (primary N) is 1. The molecule has 0 spiro atoms. The van der Waals surface area contributed by atoms with Gasteiger partial charge in [0.2, 0.25) is 5.88 Å². The predicted octanol–water partition coefficient (Wildman–Crippen LogP) is 3.53. The summed E-state index contributed by atoms with van der Waals surface area (Å²) in [7, 11) is 0. The molecule has 0 unspecified atom stereocenters. The highest BCUT2D eigenvalue weighted by Crippen LogP contribution is 2.27. The van der Waals surface area contributed by atoms with Crippen molar-refractivity contribution in [2.75, 3.05) is 5.73 Å². The summed E-state index contributed by atoms with van der Waals surface area (Å²) in [5.74, 6) is 1.16. The molecule has 0 radical (unpaired) electrons. The van der Waals surface area contributed by atoms with Crippen LogP contribution in [-0.2, 0) is 0 Å². The topological polar surface area (TPSA) is 48.1 Å². The lowest BCUT2D eigenvalue weighted by molar-refractivity contribution is 0.465. The van der Waals surface area contributed by atoms with Crippen LogP contribution in [0.5, 0.6) is 11.6 Å². The molecule has 4 heteroatoms. The molecular formula is C12H11BrN2O. The Bertz CT molecular complexity index is 514. The lowest BCUT2D eigenvalue weighted by atomic mass is 10.2. The first kappa shape index (κ1) is 11.0. The number of pyridine rings is 1. The third-order valence-electron chi connectivity index (χ3n) is 2.14. The fourth-order valence-corrected chi connectivity index (χ4v) is 1.53. The van der Waals surface area contributed by atoms with Crippen LogP contribution < -0.4 is 10.5 Å². The molecule has 0 aliphatic heterocycles. The fourth-order valence-electron chi connectivity index (χ4n) is 1.28. The van der Waals surface area contributed by atoms with E-state index in [1.54, 1.807) is 18.3 Å². The van der Waals surface area contributed by atoms with Crippen molar-refractivity contribution in [2.45, 2.75) is 6.92 Å². The molecule has 1 aromatic heterocycles. The largest absolute Gasteiger partial charge is 0.437 e. The van der Waals surface area contributed by atoms with Gasteiger partial charge in [-0.2, -0.15) is 0 Å². The number of rotatable bonds is 2. The molecule has 3 nitrogen and oxygen atoms in total. The third kappa shape index (κ3) is 2.33. The number of benzene rings is 1. The molecule has 1 heterocycles. The minimum absolute atomic E-state index is 0.434. The van der Waals surface area contributed by atoms with E-state index in [2.05, 4.69) is 20.9 Å². The second-order valence-corrected chi connectivity index (χ2v) is 4.27. The van der Waals surface area contributed by atoms with Crippen LogP contribution in [0.25, 0.3) is 0 Å². The smallest absolute Gasteiger partial charge is 0.242 e. The molecule has 0 fully saturated rings. The van der Waals surface area contributed by atoms with Gasteiger partial charge in [0, 0.05) is 10.7 Å². The molecule has 1 aromatic carbocycles.